The van der Waals surface area contributed by atoms with E-state index in [2.05, 4.69) is 43.5 Å². The number of carbonyl (C=O) groups is 1. The van der Waals surface area contributed by atoms with Gasteiger partial charge in [0.2, 0.25) is 5.91 Å². The van der Waals surface area contributed by atoms with Gasteiger partial charge in [-0.25, -0.2) is 4.57 Å². The molecule has 9 heteroatoms. The number of amides is 1. The first-order chi connectivity index (χ1) is 29.5. The molecule has 0 radical (unpaired) electrons. The fourth-order valence-electron chi connectivity index (χ4n) is 7.78. The summed E-state index contributed by atoms with van der Waals surface area (Å²) < 4.78 is 23.6. The molecule has 0 aliphatic heterocycles. The summed E-state index contributed by atoms with van der Waals surface area (Å²) in [6, 6.07) is -0.756. The van der Waals surface area contributed by atoms with Gasteiger partial charge in [0.05, 0.1) is 39.9 Å². The number of carbonyl (C=O) groups excluding carboxylic acids is 1. The third-order valence-electron chi connectivity index (χ3n) is 12.0. The minimum atomic E-state index is -4.31. The Balaban J connectivity index is 4.00. The van der Waals surface area contributed by atoms with Crippen LogP contribution in [0.3, 0.4) is 0 Å². The standard InChI is InChI=1S/C52H103N2O6P/c1-6-8-10-12-14-16-18-19-20-21-22-23-24-25-26-27-28-29-30-31-32-33-34-35-36-38-40-42-44-46-52(56)53-50(49-60-61(57,58)59-48-47-54(3,4)5)51(55)45-43-41-39-37-17-15-13-11-9-7-2/h18-19,21-22,50-51,55H,6-17,20,23-49H2,1-5H3,(H-,53,56,57,58)/p+1/b19-18-,22-21-. The highest BCUT2D eigenvalue weighted by Crippen LogP contribution is 2.43. The predicted octanol–water partition coefficient (Wildman–Crippen LogP) is 15.3. The average Bonchev–Trinajstić information content (AvgIpc) is 3.21. The Hall–Kier alpha value is -1.02. The number of phosphoric ester groups is 1. The van der Waals surface area contributed by atoms with Crippen LogP contribution >= 0.6 is 7.82 Å². The molecule has 0 aromatic carbocycles. The Morgan fingerprint density at radius 2 is 0.934 bits per heavy atom. The predicted molar refractivity (Wildman–Crippen MR) is 263 cm³/mol. The first-order valence-corrected chi connectivity index (χ1v) is 27.7. The lowest BCUT2D eigenvalue weighted by atomic mass is 10.0. The number of phosphoric acid groups is 1. The van der Waals surface area contributed by atoms with Crippen molar-refractivity contribution < 1.29 is 32.9 Å². The van der Waals surface area contributed by atoms with E-state index in [1.54, 1.807) is 0 Å². The van der Waals surface area contributed by atoms with Gasteiger partial charge in [-0.15, -0.1) is 0 Å². The molecule has 8 nitrogen and oxygen atoms in total. The largest absolute Gasteiger partial charge is 0.472 e. The summed E-state index contributed by atoms with van der Waals surface area (Å²) in [5, 5.41) is 13.9. The lowest BCUT2D eigenvalue weighted by Gasteiger charge is -2.26. The van der Waals surface area contributed by atoms with Crippen LogP contribution in [0, 0.1) is 0 Å². The molecule has 0 rings (SSSR count). The van der Waals surface area contributed by atoms with Crippen molar-refractivity contribution in [3.8, 4) is 0 Å². The fourth-order valence-corrected chi connectivity index (χ4v) is 8.52. The Bertz CT molecular complexity index is 1050. The van der Waals surface area contributed by atoms with Crippen LogP contribution in [0.25, 0.3) is 0 Å². The monoisotopic (exact) mass is 884 g/mol. The first kappa shape index (κ1) is 60.0. The SMILES string of the molecule is CCCCCCC/C=C\C/C=C\CCCCCCCCCCCCCCCCCCCC(=O)NC(COP(=O)(O)OCC[N+](C)(C)C)C(O)CCCCCCCCCCCC. The van der Waals surface area contributed by atoms with Crippen molar-refractivity contribution in [2.45, 2.75) is 264 Å². The second-order valence-corrected chi connectivity index (χ2v) is 20.7. The number of unbranched alkanes of at least 4 members (excludes halogenated alkanes) is 31. The number of hydrogen-bond acceptors (Lipinski definition) is 5. The second-order valence-electron chi connectivity index (χ2n) is 19.3. The van der Waals surface area contributed by atoms with Crippen molar-refractivity contribution in [1.82, 2.24) is 5.32 Å². The number of allylic oxidation sites excluding steroid dienone is 4. The van der Waals surface area contributed by atoms with E-state index in [9.17, 15) is 19.4 Å². The maximum Gasteiger partial charge on any atom is 0.472 e. The third-order valence-corrected chi connectivity index (χ3v) is 12.9. The molecule has 0 aliphatic carbocycles. The number of nitrogens with zero attached hydrogens (tertiary/aromatic N) is 1. The van der Waals surface area contributed by atoms with Gasteiger partial charge in [-0.05, 0) is 44.9 Å². The van der Waals surface area contributed by atoms with Crippen LogP contribution in [0.5, 0.6) is 0 Å². The highest BCUT2D eigenvalue weighted by molar-refractivity contribution is 7.47. The zero-order valence-electron chi connectivity index (χ0n) is 41.2. The molecule has 3 unspecified atom stereocenters. The quantitative estimate of drug-likeness (QED) is 0.0243. The summed E-state index contributed by atoms with van der Waals surface area (Å²) in [5.74, 6) is -0.143. The Morgan fingerprint density at radius 1 is 0.557 bits per heavy atom. The van der Waals surface area contributed by atoms with Crippen molar-refractivity contribution in [3.05, 3.63) is 24.3 Å². The number of aliphatic hydroxyl groups is 1. The topological polar surface area (TPSA) is 105 Å². The highest BCUT2D eigenvalue weighted by atomic mass is 31.2. The van der Waals surface area contributed by atoms with Crippen LogP contribution in [-0.2, 0) is 18.4 Å². The van der Waals surface area contributed by atoms with Gasteiger partial charge in [-0.3, -0.25) is 13.8 Å². The van der Waals surface area contributed by atoms with Crippen LogP contribution < -0.4 is 5.32 Å². The molecule has 0 aliphatic rings. The van der Waals surface area contributed by atoms with Crippen molar-refractivity contribution >= 4 is 13.7 Å². The third kappa shape index (κ3) is 46.8. The summed E-state index contributed by atoms with van der Waals surface area (Å²) in [6.07, 6.45) is 53.8. The number of hydrogen-bond donors (Lipinski definition) is 3. The summed E-state index contributed by atoms with van der Waals surface area (Å²) in [7, 11) is 1.62. The van der Waals surface area contributed by atoms with Crippen LogP contribution in [0.4, 0.5) is 0 Å². The average molecular weight is 884 g/mol. The van der Waals surface area contributed by atoms with E-state index in [-0.39, 0.29) is 19.1 Å². The zero-order chi connectivity index (χ0) is 45.0. The molecular formula is C52H104N2O6P+. The molecular weight excluding hydrogens is 780 g/mol. The Kier molecular flexibility index (Phi) is 43.5. The van der Waals surface area contributed by atoms with E-state index >= 15 is 0 Å². The molecule has 0 spiro atoms. The lowest BCUT2D eigenvalue weighted by Crippen LogP contribution is -2.46. The molecule has 0 saturated carbocycles. The zero-order valence-corrected chi connectivity index (χ0v) is 42.1. The Labute approximate surface area is 379 Å². The van der Waals surface area contributed by atoms with Crippen molar-refractivity contribution in [3.63, 3.8) is 0 Å². The molecule has 1 amide bonds. The summed E-state index contributed by atoms with van der Waals surface area (Å²) >= 11 is 0. The first-order valence-electron chi connectivity index (χ1n) is 26.2. The lowest BCUT2D eigenvalue weighted by molar-refractivity contribution is -0.870. The number of rotatable bonds is 48. The highest BCUT2D eigenvalue weighted by Gasteiger charge is 2.28. The molecule has 0 saturated heterocycles. The van der Waals surface area contributed by atoms with Gasteiger partial charge in [0, 0.05) is 6.42 Å². The number of likely N-dealkylation sites (N-methyl/N-ethyl adjacent to an activating group) is 1. The van der Waals surface area contributed by atoms with Crippen molar-refractivity contribution in [2.24, 2.45) is 0 Å². The van der Waals surface area contributed by atoms with E-state index in [0.29, 0.717) is 23.9 Å². The molecule has 0 aromatic rings. The van der Waals surface area contributed by atoms with Gasteiger partial charge in [0.25, 0.3) is 0 Å². The fraction of sp³-hybridized carbons (Fsp3) is 0.904. The summed E-state index contributed by atoms with van der Waals surface area (Å²) in [4.78, 5) is 23.2. The summed E-state index contributed by atoms with van der Waals surface area (Å²) in [5.41, 5.74) is 0. The maximum atomic E-state index is 12.9. The van der Waals surface area contributed by atoms with Gasteiger partial charge in [0.1, 0.15) is 13.2 Å². The van der Waals surface area contributed by atoms with Crippen LogP contribution in [0.1, 0.15) is 251 Å². The minimum absolute atomic E-state index is 0.0763. The van der Waals surface area contributed by atoms with Crippen molar-refractivity contribution in [1.29, 1.82) is 0 Å². The van der Waals surface area contributed by atoms with E-state index in [1.807, 2.05) is 21.1 Å². The Morgan fingerprint density at radius 3 is 1.34 bits per heavy atom. The van der Waals surface area contributed by atoms with E-state index in [1.165, 1.54) is 180 Å². The number of quaternary nitrogens is 1. The molecule has 0 fully saturated rings. The van der Waals surface area contributed by atoms with Gasteiger partial charge >= 0.3 is 7.82 Å². The minimum Gasteiger partial charge on any atom is -0.391 e. The molecule has 61 heavy (non-hydrogen) atoms. The normalized spacial score (nSPS) is 14.3. The van der Waals surface area contributed by atoms with Gasteiger partial charge < -0.3 is 19.8 Å². The van der Waals surface area contributed by atoms with E-state index in [4.69, 9.17) is 9.05 Å². The maximum absolute atomic E-state index is 12.9. The van der Waals surface area contributed by atoms with E-state index in [0.717, 1.165) is 44.9 Å². The molecule has 362 valence electrons. The molecule has 3 atom stereocenters. The van der Waals surface area contributed by atoms with Gasteiger partial charge in [-0.2, -0.15) is 0 Å². The number of nitrogens with one attached hydrogen (secondary N) is 1. The molecule has 0 heterocycles. The van der Waals surface area contributed by atoms with Gasteiger partial charge in [0.15, 0.2) is 0 Å². The summed E-state index contributed by atoms with van der Waals surface area (Å²) in [6.45, 7) is 4.88. The van der Waals surface area contributed by atoms with Crippen molar-refractivity contribution in [2.75, 3.05) is 40.9 Å². The smallest absolute Gasteiger partial charge is 0.391 e. The van der Waals surface area contributed by atoms with Gasteiger partial charge in [-0.1, -0.05) is 224 Å². The van der Waals surface area contributed by atoms with E-state index < -0.39 is 20.0 Å². The second kappa shape index (κ2) is 44.2. The number of aliphatic hydroxyl groups excluding tert-OH is 1. The van der Waals surface area contributed by atoms with Crippen LogP contribution in [-0.4, -0.2) is 73.4 Å². The van der Waals surface area contributed by atoms with Crippen LogP contribution in [0.15, 0.2) is 24.3 Å². The molecule has 3 N–H and O–H groups in total. The molecule has 0 bridgehead atoms. The molecule has 0 aromatic heterocycles. The van der Waals surface area contributed by atoms with Crippen LogP contribution in [0.2, 0.25) is 0 Å².